The Morgan fingerprint density at radius 2 is 1.26 bits per heavy atom. The van der Waals surface area contributed by atoms with Crippen molar-refractivity contribution in [3.63, 3.8) is 0 Å². The summed E-state index contributed by atoms with van der Waals surface area (Å²) in [6.45, 7) is 5.64. The Morgan fingerprint density at radius 3 is 1.70 bits per heavy atom. The van der Waals surface area contributed by atoms with E-state index >= 15 is 0 Å². The van der Waals surface area contributed by atoms with Crippen LogP contribution in [0.5, 0.6) is 5.75 Å². The quantitative estimate of drug-likeness (QED) is 0.270. The molecule has 0 bridgehead atoms. The van der Waals surface area contributed by atoms with Crippen LogP contribution < -0.4 is 4.74 Å². The van der Waals surface area contributed by atoms with Gasteiger partial charge in [0.25, 0.3) is 0 Å². The minimum absolute atomic E-state index is 0.346. The lowest BCUT2D eigenvalue weighted by molar-refractivity contribution is -0.854. The number of hydroxylamine groups is 6. The van der Waals surface area contributed by atoms with Crippen LogP contribution in [0, 0.1) is 10.4 Å². The lowest BCUT2D eigenvalue weighted by Gasteiger charge is -2.36. The van der Waals surface area contributed by atoms with E-state index < -0.39 is 9.29 Å². The highest BCUT2D eigenvalue weighted by Gasteiger charge is 2.19. The van der Waals surface area contributed by atoms with E-state index in [2.05, 4.69) is 26.0 Å². The number of quaternary nitrogens is 2. The molecule has 1 aromatic carbocycles. The van der Waals surface area contributed by atoms with Crippen LogP contribution >= 0.6 is 0 Å². The summed E-state index contributed by atoms with van der Waals surface area (Å²) in [6, 6.07) is 4.14. The zero-order valence-corrected chi connectivity index (χ0v) is 18.3. The van der Waals surface area contributed by atoms with E-state index in [9.17, 15) is 10.4 Å². The lowest BCUT2D eigenvalue weighted by Crippen LogP contribution is -2.33. The van der Waals surface area contributed by atoms with E-state index in [0.29, 0.717) is 19.7 Å². The van der Waals surface area contributed by atoms with Crippen molar-refractivity contribution < 1.29 is 14.0 Å². The largest absolute Gasteiger partial charge is 0.633 e. The lowest BCUT2D eigenvalue weighted by atomic mass is 10.0. The molecule has 0 unspecified atom stereocenters. The molecule has 0 radical (unpaired) electrons. The van der Waals surface area contributed by atoms with E-state index in [1.807, 2.05) is 0 Å². The highest BCUT2D eigenvalue weighted by molar-refractivity contribution is 5.44. The predicted molar refractivity (Wildman–Crippen MR) is 113 cm³/mol. The molecule has 5 heteroatoms. The van der Waals surface area contributed by atoms with Gasteiger partial charge >= 0.3 is 0 Å². The molecule has 0 aliphatic rings. The van der Waals surface area contributed by atoms with E-state index in [4.69, 9.17) is 4.74 Å². The molecule has 0 saturated carbocycles. The van der Waals surface area contributed by atoms with Crippen LogP contribution in [0.25, 0.3) is 0 Å². The second-order valence-corrected chi connectivity index (χ2v) is 8.68. The number of ether oxygens (including phenoxy) is 1. The van der Waals surface area contributed by atoms with Gasteiger partial charge in [0, 0.05) is 11.1 Å². The van der Waals surface area contributed by atoms with Gasteiger partial charge in [0.2, 0.25) is 0 Å². The third kappa shape index (κ3) is 10.1. The summed E-state index contributed by atoms with van der Waals surface area (Å²) in [6.07, 6.45) is 8.09. The van der Waals surface area contributed by atoms with Crippen LogP contribution in [0.2, 0.25) is 0 Å². The van der Waals surface area contributed by atoms with E-state index in [-0.39, 0.29) is 0 Å². The molecule has 0 N–H and O–H groups in total. The average Bonchev–Trinajstić information content (AvgIpc) is 2.52. The van der Waals surface area contributed by atoms with Crippen LogP contribution in [0.4, 0.5) is 0 Å². The molecular weight excluding hydrogens is 340 g/mol. The summed E-state index contributed by atoms with van der Waals surface area (Å²) in [5, 5.41) is 24.6. The molecular formula is C22H40N2O3. The molecule has 156 valence electrons. The second kappa shape index (κ2) is 11.0. The minimum Gasteiger partial charge on any atom is -0.633 e. The van der Waals surface area contributed by atoms with Crippen molar-refractivity contribution in [3.8, 4) is 5.75 Å². The van der Waals surface area contributed by atoms with Gasteiger partial charge in [0.1, 0.15) is 18.8 Å². The van der Waals surface area contributed by atoms with Crippen molar-refractivity contribution in [3.05, 3.63) is 39.2 Å². The normalized spacial score (nSPS) is 12.4. The Kier molecular flexibility index (Phi) is 9.74. The number of hydrogen-bond acceptors (Lipinski definition) is 3. The topological polar surface area (TPSA) is 55.3 Å². The van der Waals surface area contributed by atoms with Gasteiger partial charge in [-0.05, 0) is 30.5 Å². The van der Waals surface area contributed by atoms with E-state index in [0.717, 1.165) is 41.7 Å². The Bertz CT molecular complexity index is 523. The maximum absolute atomic E-state index is 12.3. The van der Waals surface area contributed by atoms with Gasteiger partial charge < -0.3 is 24.4 Å². The number of aryl methyl sites for hydroxylation is 1. The standard InChI is InChI=1S/C22H40N2O3/c1-7-9-10-11-12-13-14-27-22-20(17-23(3,4)25)15-19(8-2)16-21(22)18-24(5,6)26/h15-16H,7-14,17-18H2,1-6H3. The molecule has 0 saturated heterocycles. The van der Waals surface area contributed by atoms with E-state index in [1.54, 1.807) is 28.2 Å². The van der Waals surface area contributed by atoms with Gasteiger partial charge in [0.05, 0.1) is 34.8 Å². The third-order valence-corrected chi connectivity index (χ3v) is 4.56. The molecule has 5 nitrogen and oxygen atoms in total. The fraction of sp³-hybridized carbons (Fsp3) is 0.727. The van der Waals surface area contributed by atoms with Crippen molar-refractivity contribution in [2.24, 2.45) is 0 Å². The molecule has 0 amide bonds. The zero-order chi connectivity index (χ0) is 20.5. The van der Waals surface area contributed by atoms with Gasteiger partial charge in [-0.1, -0.05) is 46.0 Å². The van der Waals surface area contributed by atoms with Crippen molar-refractivity contribution >= 4 is 0 Å². The second-order valence-electron chi connectivity index (χ2n) is 8.68. The Hall–Kier alpha value is -1.14. The van der Waals surface area contributed by atoms with Gasteiger partial charge in [-0.3, -0.25) is 0 Å². The van der Waals surface area contributed by atoms with Crippen LogP contribution in [0.1, 0.15) is 69.1 Å². The number of rotatable bonds is 13. The van der Waals surface area contributed by atoms with E-state index in [1.165, 1.54) is 25.7 Å². The van der Waals surface area contributed by atoms with Gasteiger partial charge in [-0.25, -0.2) is 0 Å². The number of nitrogens with zero attached hydrogens (tertiary/aromatic N) is 2. The van der Waals surface area contributed by atoms with Crippen LogP contribution in [-0.2, 0) is 19.5 Å². The summed E-state index contributed by atoms with van der Waals surface area (Å²) in [5.74, 6) is 0.754. The summed E-state index contributed by atoms with van der Waals surface area (Å²) in [7, 11) is 6.57. The fourth-order valence-electron chi connectivity index (χ4n) is 3.33. The molecule has 27 heavy (non-hydrogen) atoms. The molecule has 0 aliphatic carbocycles. The van der Waals surface area contributed by atoms with Crippen molar-refractivity contribution in [2.75, 3.05) is 34.8 Å². The fourth-order valence-corrected chi connectivity index (χ4v) is 3.33. The number of hydrogen-bond donors (Lipinski definition) is 0. The van der Waals surface area contributed by atoms with Crippen LogP contribution in [-0.4, -0.2) is 44.1 Å². The predicted octanol–water partition coefficient (Wildman–Crippen LogP) is 5.14. The third-order valence-electron chi connectivity index (χ3n) is 4.56. The first-order chi connectivity index (χ1) is 12.6. The first-order valence-electron chi connectivity index (χ1n) is 10.4. The number of unbranched alkanes of at least 4 members (excludes halogenated alkanes) is 5. The summed E-state index contributed by atoms with van der Waals surface area (Å²) >= 11 is 0. The summed E-state index contributed by atoms with van der Waals surface area (Å²) < 4.78 is 5.35. The SMILES string of the molecule is CCCCCCCCOc1c(C[N+](C)(C)[O-])cc(CC)cc1C[N+](C)(C)[O-]. The molecule has 0 spiro atoms. The van der Waals surface area contributed by atoms with Crippen LogP contribution in [0.3, 0.4) is 0 Å². The smallest absolute Gasteiger partial charge is 0.137 e. The van der Waals surface area contributed by atoms with Crippen LogP contribution in [0.15, 0.2) is 12.1 Å². The highest BCUT2D eigenvalue weighted by Crippen LogP contribution is 2.31. The molecule has 0 heterocycles. The molecule has 0 fully saturated rings. The summed E-state index contributed by atoms with van der Waals surface area (Å²) in [5.41, 5.74) is 2.99. The zero-order valence-electron chi connectivity index (χ0n) is 18.3. The molecule has 0 atom stereocenters. The first-order valence-corrected chi connectivity index (χ1v) is 10.4. The monoisotopic (exact) mass is 380 g/mol. The number of benzene rings is 1. The molecule has 0 aromatic heterocycles. The molecule has 0 aliphatic heterocycles. The average molecular weight is 381 g/mol. The summed E-state index contributed by atoms with van der Waals surface area (Å²) in [4.78, 5) is 0. The minimum atomic E-state index is -0.407. The van der Waals surface area contributed by atoms with Crippen molar-refractivity contribution in [2.45, 2.75) is 71.9 Å². The van der Waals surface area contributed by atoms with Crippen molar-refractivity contribution in [1.29, 1.82) is 0 Å². The van der Waals surface area contributed by atoms with Crippen molar-refractivity contribution in [1.82, 2.24) is 0 Å². The van der Waals surface area contributed by atoms with Gasteiger partial charge in [-0.2, -0.15) is 0 Å². The van der Waals surface area contributed by atoms with Gasteiger partial charge in [0.15, 0.2) is 0 Å². The first kappa shape index (κ1) is 23.9. The maximum Gasteiger partial charge on any atom is 0.137 e. The molecule has 1 rings (SSSR count). The maximum atomic E-state index is 12.3. The Labute approximate surface area is 166 Å². The molecule has 1 aromatic rings. The van der Waals surface area contributed by atoms with Gasteiger partial charge in [-0.15, -0.1) is 0 Å². The highest BCUT2D eigenvalue weighted by atomic mass is 16.5. The Morgan fingerprint density at radius 1 is 0.778 bits per heavy atom. The Balaban J connectivity index is 2.97.